The van der Waals surface area contributed by atoms with Gasteiger partial charge < -0.3 is 4.74 Å². The topological polar surface area (TPSA) is 84.5 Å². The average molecular weight is 391 g/mol. The van der Waals surface area contributed by atoms with Crippen LogP contribution in [0.25, 0.3) is 0 Å². The zero-order chi connectivity index (χ0) is 20.2. The maximum atomic E-state index is 12.4. The molecule has 0 heterocycles. The third-order valence-electron chi connectivity index (χ3n) is 3.82. The Kier molecular flexibility index (Phi) is 6.28. The van der Waals surface area contributed by atoms with Gasteiger partial charge >= 0.3 is 0 Å². The Morgan fingerprint density at radius 3 is 2.00 bits per heavy atom. The van der Waals surface area contributed by atoms with E-state index in [0.717, 1.165) is 5.56 Å². The molecule has 0 spiro atoms. The highest BCUT2D eigenvalue weighted by Crippen LogP contribution is 2.23. The zero-order valence-corrected chi connectivity index (χ0v) is 17.1. The molecule has 1 amide bonds. The van der Waals surface area contributed by atoms with Gasteiger partial charge in [0.2, 0.25) is 0 Å². The van der Waals surface area contributed by atoms with Gasteiger partial charge in [-0.25, -0.2) is 8.42 Å². The van der Waals surface area contributed by atoms with E-state index in [4.69, 9.17) is 4.74 Å². The van der Waals surface area contributed by atoms with Crippen molar-refractivity contribution in [2.24, 2.45) is 0 Å². The average Bonchev–Trinajstić information content (AvgIpc) is 2.59. The van der Waals surface area contributed by atoms with Gasteiger partial charge in [-0.2, -0.15) is 0 Å². The van der Waals surface area contributed by atoms with Gasteiger partial charge in [0.1, 0.15) is 5.75 Å². The molecule has 2 N–H and O–H groups in total. The number of sulfonamides is 1. The van der Waals surface area contributed by atoms with Gasteiger partial charge in [-0.1, -0.05) is 32.9 Å². The van der Waals surface area contributed by atoms with Crippen molar-refractivity contribution in [2.75, 3.05) is 0 Å². The van der Waals surface area contributed by atoms with Crippen LogP contribution in [0.3, 0.4) is 0 Å². The van der Waals surface area contributed by atoms with Gasteiger partial charge in [0.15, 0.2) is 0 Å². The largest absolute Gasteiger partial charge is 0.491 e. The number of rotatable bonds is 6. The fourth-order valence-electron chi connectivity index (χ4n) is 2.34. The Labute approximate surface area is 161 Å². The summed E-state index contributed by atoms with van der Waals surface area (Å²) in [5.41, 5.74) is 3.49. The molecule has 0 atom stereocenters. The first-order valence-corrected chi connectivity index (χ1v) is 10.2. The first-order chi connectivity index (χ1) is 12.5. The number of nitrogens with one attached hydrogen (secondary N) is 2. The summed E-state index contributed by atoms with van der Waals surface area (Å²) in [4.78, 5) is 14.4. The van der Waals surface area contributed by atoms with Gasteiger partial charge in [-0.05, 0) is 61.2 Å². The van der Waals surface area contributed by atoms with Crippen molar-refractivity contribution in [1.29, 1.82) is 0 Å². The number of amides is 1. The van der Waals surface area contributed by atoms with Crippen LogP contribution in [0, 0.1) is 0 Å². The number of ether oxygens (including phenoxy) is 1. The molecule has 146 valence electrons. The zero-order valence-electron chi connectivity index (χ0n) is 16.2. The lowest BCUT2D eigenvalue weighted by Gasteiger charge is -2.19. The van der Waals surface area contributed by atoms with E-state index in [1.165, 1.54) is 12.1 Å². The molecule has 0 bridgehead atoms. The molecule has 2 rings (SSSR count). The molecule has 2 aromatic carbocycles. The molecule has 0 unspecified atom stereocenters. The quantitative estimate of drug-likeness (QED) is 0.741. The smallest absolute Gasteiger partial charge is 0.266 e. The predicted octanol–water partition coefficient (Wildman–Crippen LogP) is 3.39. The monoisotopic (exact) mass is 390 g/mol. The first-order valence-electron chi connectivity index (χ1n) is 8.68. The van der Waals surface area contributed by atoms with Crippen molar-refractivity contribution >= 4 is 15.9 Å². The van der Waals surface area contributed by atoms with Crippen LogP contribution in [-0.2, 0) is 15.4 Å². The van der Waals surface area contributed by atoms with E-state index >= 15 is 0 Å². The van der Waals surface area contributed by atoms with Crippen LogP contribution in [0.1, 0.15) is 50.5 Å². The minimum absolute atomic E-state index is 0.0288. The summed E-state index contributed by atoms with van der Waals surface area (Å²) in [5.74, 6) is 0.0852. The standard InChI is InChI=1S/C20H26N2O4S/c1-14(2)26-17-10-6-15(7-11-17)19(23)21-22-27(24,25)18-12-8-16(9-13-18)20(3,4)5/h6-14,22H,1-5H3,(H,21,23). The second kappa shape index (κ2) is 8.10. The van der Waals surface area contributed by atoms with Crippen LogP contribution in [0.15, 0.2) is 53.4 Å². The lowest BCUT2D eigenvalue weighted by Crippen LogP contribution is -2.41. The van der Waals surface area contributed by atoms with E-state index in [1.807, 2.05) is 34.6 Å². The lowest BCUT2D eigenvalue weighted by molar-refractivity contribution is 0.0945. The van der Waals surface area contributed by atoms with Crippen molar-refractivity contribution in [3.8, 4) is 5.75 Å². The number of benzene rings is 2. The summed E-state index contributed by atoms with van der Waals surface area (Å²) >= 11 is 0. The fraction of sp³-hybridized carbons (Fsp3) is 0.350. The van der Waals surface area contributed by atoms with E-state index in [1.54, 1.807) is 36.4 Å². The van der Waals surface area contributed by atoms with Crippen LogP contribution in [0.4, 0.5) is 0 Å². The second-order valence-corrected chi connectivity index (χ2v) is 9.21. The highest BCUT2D eigenvalue weighted by Gasteiger charge is 2.18. The molecule has 0 aliphatic carbocycles. The second-order valence-electron chi connectivity index (χ2n) is 7.52. The van der Waals surface area contributed by atoms with Gasteiger partial charge in [-0.15, -0.1) is 4.83 Å². The number of hydrogen-bond acceptors (Lipinski definition) is 4. The highest BCUT2D eigenvalue weighted by molar-refractivity contribution is 7.89. The maximum Gasteiger partial charge on any atom is 0.266 e. The van der Waals surface area contributed by atoms with E-state index in [0.29, 0.717) is 11.3 Å². The molecule has 2 aromatic rings. The molecule has 7 heteroatoms. The normalized spacial score (nSPS) is 12.1. The number of carbonyl (C=O) groups is 1. The molecule has 0 aromatic heterocycles. The van der Waals surface area contributed by atoms with Crippen molar-refractivity contribution < 1.29 is 17.9 Å². The van der Waals surface area contributed by atoms with Crippen molar-refractivity contribution in [1.82, 2.24) is 10.3 Å². The minimum Gasteiger partial charge on any atom is -0.491 e. The van der Waals surface area contributed by atoms with Crippen molar-refractivity contribution in [3.63, 3.8) is 0 Å². The van der Waals surface area contributed by atoms with Gasteiger partial charge in [-0.3, -0.25) is 10.2 Å². The third kappa shape index (κ3) is 5.80. The molecular weight excluding hydrogens is 364 g/mol. The summed E-state index contributed by atoms with van der Waals surface area (Å²) in [6.07, 6.45) is 0.0288. The molecule has 0 saturated heterocycles. The van der Waals surface area contributed by atoms with Crippen molar-refractivity contribution in [2.45, 2.75) is 51.0 Å². The van der Waals surface area contributed by atoms with Gasteiger partial charge in [0.05, 0.1) is 11.0 Å². The Morgan fingerprint density at radius 1 is 0.963 bits per heavy atom. The molecular formula is C20H26N2O4S. The van der Waals surface area contributed by atoms with Crippen LogP contribution >= 0.6 is 0 Å². The van der Waals surface area contributed by atoms with Crippen molar-refractivity contribution in [3.05, 3.63) is 59.7 Å². The lowest BCUT2D eigenvalue weighted by atomic mass is 9.87. The Hall–Kier alpha value is -2.38. The molecule has 6 nitrogen and oxygen atoms in total. The molecule has 0 saturated carbocycles. The Bertz CT molecular complexity index is 881. The SMILES string of the molecule is CC(C)Oc1ccc(C(=O)NNS(=O)(=O)c2ccc(C(C)(C)C)cc2)cc1. The Morgan fingerprint density at radius 2 is 1.52 bits per heavy atom. The van der Waals surface area contributed by atoms with E-state index < -0.39 is 15.9 Å². The van der Waals surface area contributed by atoms with E-state index in [9.17, 15) is 13.2 Å². The number of carbonyl (C=O) groups excluding carboxylic acids is 1. The molecule has 0 aliphatic heterocycles. The van der Waals surface area contributed by atoms with Gasteiger partial charge in [0, 0.05) is 5.56 Å². The van der Waals surface area contributed by atoms with E-state index in [2.05, 4.69) is 10.3 Å². The highest BCUT2D eigenvalue weighted by atomic mass is 32.2. The van der Waals surface area contributed by atoms with E-state index in [-0.39, 0.29) is 16.4 Å². The minimum atomic E-state index is -3.86. The van der Waals surface area contributed by atoms with Crippen LogP contribution in [0.5, 0.6) is 5.75 Å². The molecule has 0 aliphatic rings. The number of hydrogen-bond donors (Lipinski definition) is 2. The summed E-state index contributed by atoms with van der Waals surface area (Å²) < 4.78 is 30.2. The third-order valence-corrected chi connectivity index (χ3v) is 5.08. The molecule has 0 radical (unpaired) electrons. The maximum absolute atomic E-state index is 12.4. The summed E-state index contributed by atoms with van der Waals surface area (Å²) in [6.45, 7) is 9.96. The van der Waals surface area contributed by atoms with Crippen LogP contribution in [0.2, 0.25) is 0 Å². The molecule has 27 heavy (non-hydrogen) atoms. The fourth-order valence-corrected chi connectivity index (χ4v) is 3.18. The van der Waals surface area contributed by atoms with Crippen LogP contribution in [-0.4, -0.2) is 20.4 Å². The summed E-state index contributed by atoms with van der Waals surface area (Å²) in [6, 6.07) is 13.0. The van der Waals surface area contributed by atoms with Crippen LogP contribution < -0.4 is 15.0 Å². The Balaban J connectivity index is 2.03. The van der Waals surface area contributed by atoms with Gasteiger partial charge in [0.25, 0.3) is 15.9 Å². The summed E-state index contributed by atoms with van der Waals surface area (Å²) in [7, 11) is -3.86. The number of hydrazine groups is 1. The molecule has 0 fully saturated rings. The predicted molar refractivity (Wildman–Crippen MR) is 105 cm³/mol. The summed E-state index contributed by atoms with van der Waals surface area (Å²) in [5, 5.41) is 0. The first kappa shape index (κ1) is 20.9.